The number of aromatic nitrogens is 9. The summed E-state index contributed by atoms with van der Waals surface area (Å²) in [5, 5.41) is 11.6. The van der Waals surface area contributed by atoms with E-state index >= 15 is 0 Å². The van der Waals surface area contributed by atoms with Gasteiger partial charge in [0.25, 0.3) is 0 Å². The highest BCUT2D eigenvalue weighted by Gasteiger charge is 2.25. The lowest BCUT2D eigenvalue weighted by molar-refractivity contribution is 1.06. The molecule has 9 heterocycles. The molecule has 0 radical (unpaired) electrons. The first-order valence-corrected chi connectivity index (χ1v) is 44.5. The first kappa shape index (κ1) is 73.1. The number of fused-ring (bicyclic) bond motifs is 17. The van der Waals surface area contributed by atoms with Gasteiger partial charge in [0.2, 0.25) is 0 Å². The van der Waals surface area contributed by atoms with E-state index in [0.717, 1.165) is 90.4 Å². The number of nitrogens with zero attached hydrogens (tertiary/aromatic N) is 9. The zero-order chi connectivity index (χ0) is 82.4. The second kappa shape index (κ2) is 30.7. The van der Waals surface area contributed by atoms with E-state index in [0.29, 0.717) is 0 Å². The quantitative estimate of drug-likeness (QED) is 0.122. The summed E-state index contributed by atoms with van der Waals surface area (Å²) in [5.74, 6) is 2.81. The molecule has 0 aliphatic rings. The molecule has 0 N–H and O–H groups in total. The molecule has 26 aromatic rings. The molecule has 0 atom stereocenters. The zero-order valence-corrected chi connectivity index (χ0v) is 69.8. The number of benzene rings is 17. The van der Waals surface area contributed by atoms with Crippen LogP contribution in [0.4, 0.5) is 0 Å². The molecule has 12 heteroatoms. The third kappa shape index (κ3) is 12.7. The fourth-order valence-corrected chi connectivity index (χ4v) is 22.1. The first-order chi connectivity index (χ1) is 62.0. The normalized spacial score (nSPS) is 11.7. The minimum absolute atomic E-state index is 0.933. The van der Waals surface area contributed by atoms with Crippen LogP contribution < -0.4 is 0 Å². The van der Waals surface area contributed by atoms with E-state index < -0.39 is 0 Å². The molecule has 9 nitrogen and oxygen atoms in total. The summed E-state index contributed by atoms with van der Waals surface area (Å²) >= 11 is 5.64. The summed E-state index contributed by atoms with van der Waals surface area (Å²) in [6.45, 7) is 0. The van der Waals surface area contributed by atoms with Crippen LogP contribution in [0.15, 0.2) is 443 Å². The Morgan fingerprint density at radius 1 is 0.200 bits per heavy atom. The van der Waals surface area contributed by atoms with E-state index in [9.17, 15) is 0 Å². The van der Waals surface area contributed by atoms with Gasteiger partial charge >= 0.3 is 0 Å². The summed E-state index contributed by atoms with van der Waals surface area (Å²) in [7, 11) is 0. The lowest BCUT2D eigenvalue weighted by atomic mass is 10.1. The van der Waals surface area contributed by atoms with E-state index in [4.69, 9.17) is 9.97 Å². The lowest BCUT2D eigenvalue weighted by Crippen LogP contribution is -2.00. The maximum atomic E-state index is 5.13. The third-order valence-electron chi connectivity index (χ3n) is 24.1. The van der Waals surface area contributed by atoms with Crippen molar-refractivity contribution in [3.8, 4) is 99.6 Å². The maximum absolute atomic E-state index is 5.13. The van der Waals surface area contributed by atoms with Gasteiger partial charge in [0.15, 0.2) is 0 Å². The van der Waals surface area contributed by atoms with E-state index in [1.807, 2.05) is 70.7 Å². The van der Waals surface area contributed by atoms with Crippen molar-refractivity contribution >= 4 is 152 Å². The number of imidazole rings is 3. The Bertz CT molecular complexity index is 8580. The number of rotatable bonds is 12. The Balaban J connectivity index is 0.000000105. The molecular weight excluding hydrogens is 1580 g/mol. The fourth-order valence-electron chi connectivity index (χ4n) is 18.5. The Hall–Kier alpha value is -15.8. The van der Waals surface area contributed by atoms with Gasteiger partial charge in [0.05, 0.1) is 55.2 Å². The fraction of sp³-hybridized carbons (Fsp3) is 0. The van der Waals surface area contributed by atoms with Crippen LogP contribution in [0.5, 0.6) is 0 Å². The van der Waals surface area contributed by atoms with E-state index in [2.05, 4.69) is 439 Å². The second-order valence-corrected chi connectivity index (χ2v) is 34.6. The molecule has 0 amide bonds. The predicted molar refractivity (Wildman–Crippen MR) is 527 cm³/mol. The van der Waals surface area contributed by atoms with Crippen molar-refractivity contribution < 1.29 is 0 Å². The monoisotopic (exact) mass is 1650 g/mol. The lowest BCUT2D eigenvalue weighted by Gasteiger charge is -2.13. The van der Waals surface area contributed by atoms with Crippen molar-refractivity contribution in [3.05, 3.63) is 443 Å². The van der Waals surface area contributed by atoms with E-state index in [-0.39, 0.29) is 0 Å². The van der Waals surface area contributed by atoms with Crippen LogP contribution in [0.3, 0.4) is 0 Å². The van der Waals surface area contributed by atoms with Gasteiger partial charge in [-0.2, -0.15) is 0 Å². The highest BCUT2D eigenvalue weighted by molar-refractivity contribution is 7.24. The van der Waals surface area contributed by atoms with Crippen LogP contribution in [-0.2, 0) is 0 Å². The summed E-state index contributed by atoms with van der Waals surface area (Å²) in [5.41, 5.74) is 25.1. The second-order valence-electron chi connectivity index (χ2n) is 31.4. The van der Waals surface area contributed by atoms with Gasteiger partial charge in [-0.15, -0.1) is 34.0 Å². The standard InChI is InChI=1S/2C39H25N3S.C35H23N3S/c1-3-12-26(13-4-1)36-25-27-22-23-35-37(38(27)43-36)31-18-7-9-20-33(31)41(35)30-17-11-14-28(24-30)39-40-32-19-8-10-21-34(32)42(39)29-15-5-2-6-16-29;1-3-12-26(13-4-1)36-24-28-22-23-35-37(38(28)43-36)31-18-7-9-20-33(31)41(35)29-16-11-17-30(25-29)42-34-21-10-8-19-32(34)40-39(42)27-14-5-2-6-15-27;1-3-9-24(10-4-1)32-23-26-15-20-31-33(34(26)39-32)29-13-7-8-14-30(29)38(31)28-18-16-27(17-19-28)37-22-21-36-35(37)25-11-5-2-6-12-25/h2*1-25H;1-23H. The molecule has 17 aromatic carbocycles. The molecule has 0 aliphatic heterocycles. The number of hydrogen-bond acceptors (Lipinski definition) is 6. The Morgan fingerprint density at radius 3 is 0.960 bits per heavy atom. The topological polar surface area (TPSA) is 68.2 Å². The Kier molecular flexibility index (Phi) is 18.0. The van der Waals surface area contributed by atoms with Gasteiger partial charge in [-0.1, -0.05) is 285 Å². The van der Waals surface area contributed by atoms with Crippen molar-refractivity contribution in [2.24, 2.45) is 0 Å². The molecule has 0 aliphatic carbocycles. The van der Waals surface area contributed by atoms with Gasteiger partial charge in [-0.05, 0) is 178 Å². The van der Waals surface area contributed by atoms with Gasteiger partial charge in [-0.25, -0.2) is 15.0 Å². The minimum Gasteiger partial charge on any atom is -0.309 e. The molecule has 588 valence electrons. The molecule has 0 saturated heterocycles. The zero-order valence-electron chi connectivity index (χ0n) is 67.4. The van der Waals surface area contributed by atoms with Crippen molar-refractivity contribution in [2.75, 3.05) is 0 Å². The summed E-state index contributed by atoms with van der Waals surface area (Å²) in [4.78, 5) is 18.7. The van der Waals surface area contributed by atoms with Gasteiger partial charge in [0.1, 0.15) is 17.5 Å². The van der Waals surface area contributed by atoms with Crippen molar-refractivity contribution in [1.82, 2.24) is 42.4 Å². The molecule has 9 aromatic heterocycles. The summed E-state index contributed by atoms with van der Waals surface area (Å²) in [6, 6.07) is 153. The molecule has 0 spiro atoms. The summed E-state index contributed by atoms with van der Waals surface area (Å²) in [6.07, 6.45) is 3.88. The van der Waals surface area contributed by atoms with E-state index in [1.54, 1.807) is 0 Å². The van der Waals surface area contributed by atoms with Gasteiger partial charge < -0.3 is 13.7 Å². The van der Waals surface area contributed by atoms with Crippen LogP contribution in [0.2, 0.25) is 0 Å². The van der Waals surface area contributed by atoms with Crippen LogP contribution in [0, 0.1) is 0 Å². The smallest absolute Gasteiger partial charge is 0.145 e. The summed E-state index contributed by atoms with van der Waals surface area (Å²) < 4.78 is 17.9. The van der Waals surface area contributed by atoms with Crippen LogP contribution in [0.1, 0.15) is 0 Å². The van der Waals surface area contributed by atoms with Crippen LogP contribution >= 0.6 is 34.0 Å². The van der Waals surface area contributed by atoms with Crippen LogP contribution in [0.25, 0.3) is 217 Å². The van der Waals surface area contributed by atoms with E-state index in [1.165, 1.54) is 127 Å². The molecule has 0 saturated carbocycles. The molecule has 0 fully saturated rings. The van der Waals surface area contributed by atoms with Crippen LogP contribution in [-0.4, -0.2) is 42.4 Å². The SMILES string of the molecule is c1ccc(-c2cc3ccc4c(c5ccccc5n4-c4ccc(-n5ccnc5-c5ccccc5)cc4)c3s2)cc1.c1ccc(-c2cc3ccc4c(c5ccccc5n4-c4cccc(-c5nc6ccccc6n5-c5ccccc5)c4)c3s2)cc1.c1ccc(-c2cc3ccc4c(c5ccccc5n4-c4cccc(-n5c(-c6ccccc6)nc6ccccc65)c4)c3s2)cc1. The predicted octanol–water partition coefficient (Wildman–Crippen LogP) is 30.9. The number of para-hydroxylation sites is 8. The third-order valence-corrected chi connectivity index (χ3v) is 27.7. The highest BCUT2D eigenvalue weighted by atomic mass is 32.1. The maximum Gasteiger partial charge on any atom is 0.145 e. The van der Waals surface area contributed by atoms with Gasteiger partial charge in [-0.3, -0.25) is 13.7 Å². The molecule has 125 heavy (non-hydrogen) atoms. The average molecular weight is 1650 g/mol. The average Bonchev–Trinajstić information content (AvgIpc) is 1.57. The molecular formula is C113H73N9S3. The van der Waals surface area contributed by atoms with Crippen molar-refractivity contribution in [3.63, 3.8) is 0 Å². The number of hydrogen-bond donors (Lipinski definition) is 0. The number of thiophene rings is 3. The largest absolute Gasteiger partial charge is 0.309 e. The Morgan fingerprint density at radius 2 is 0.512 bits per heavy atom. The first-order valence-electron chi connectivity index (χ1n) is 42.0. The minimum atomic E-state index is 0.933. The van der Waals surface area contributed by atoms with Crippen molar-refractivity contribution in [2.45, 2.75) is 0 Å². The highest BCUT2D eigenvalue weighted by Crippen LogP contribution is 2.48. The molecule has 0 bridgehead atoms. The Labute approximate surface area is 731 Å². The van der Waals surface area contributed by atoms with Crippen molar-refractivity contribution in [1.29, 1.82) is 0 Å². The molecule has 0 unspecified atom stereocenters. The van der Waals surface area contributed by atoms with Gasteiger partial charge in [0, 0.05) is 124 Å². The molecule has 26 rings (SSSR count).